The van der Waals surface area contributed by atoms with Gasteiger partial charge < -0.3 is 14.6 Å². The van der Waals surface area contributed by atoms with E-state index >= 15 is 0 Å². The number of aromatic nitrogens is 4. The van der Waals surface area contributed by atoms with E-state index in [1.807, 2.05) is 36.6 Å². The van der Waals surface area contributed by atoms with Crippen LogP contribution in [0.25, 0.3) is 11.6 Å². The molecule has 1 aliphatic rings. The second-order valence-electron chi connectivity index (χ2n) is 7.65. The second-order valence-corrected chi connectivity index (χ2v) is 8.60. The highest BCUT2D eigenvalue weighted by Gasteiger charge is 2.29. The van der Waals surface area contributed by atoms with Crippen molar-refractivity contribution in [2.24, 2.45) is 5.92 Å². The molecule has 10 heteroatoms. The molecule has 0 aromatic carbocycles. The topological polar surface area (TPSA) is 106 Å². The summed E-state index contributed by atoms with van der Waals surface area (Å²) in [4.78, 5) is 31.6. The van der Waals surface area contributed by atoms with Gasteiger partial charge >= 0.3 is 0 Å². The van der Waals surface area contributed by atoms with Gasteiger partial charge in [-0.15, -0.1) is 10.2 Å². The average molecular weight is 455 g/mol. The number of aryl methyl sites for hydroxylation is 1. The van der Waals surface area contributed by atoms with Crippen LogP contribution in [-0.2, 0) is 16.1 Å². The van der Waals surface area contributed by atoms with Gasteiger partial charge in [0, 0.05) is 25.8 Å². The van der Waals surface area contributed by atoms with Crippen molar-refractivity contribution in [3.05, 3.63) is 42.3 Å². The summed E-state index contributed by atoms with van der Waals surface area (Å²) in [7, 11) is 0. The number of nitrogens with zero attached hydrogens (tertiary/aromatic N) is 5. The minimum atomic E-state index is -0.246. The molecule has 0 spiro atoms. The fourth-order valence-electron chi connectivity index (χ4n) is 3.74. The van der Waals surface area contributed by atoms with Crippen molar-refractivity contribution in [1.82, 2.24) is 24.6 Å². The molecule has 4 rings (SSSR count). The number of carbonyl (C=O) groups excluding carboxylic acids is 2. The van der Waals surface area contributed by atoms with E-state index in [2.05, 4.69) is 20.5 Å². The van der Waals surface area contributed by atoms with Crippen LogP contribution in [-0.4, -0.2) is 55.3 Å². The second kappa shape index (κ2) is 9.99. The number of hydrogen-bond acceptors (Lipinski definition) is 7. The van der Waals surface area contributed by atoms with Crippen LogP contribution >= 0.6 is 11.8 Å². The van der Waals surface area contributed by atoms with Crippen LogP contribution in [0.4, 0.5) is 5.82 Å². The number of furan rings is 1. The van der Waals surface area contributed by atoms with Gasteiger partial charge in [0.05, 0.1) is 17.9 Å². The molecule has 1 saturated heterocycles. The molecule has 1 fully saturated rings. The van der Waals surface area contributed by atoms with Crippen molar-refractivity contribution < 1.29 is 14.0 Å². The van der Waals surface area contributed by atoms with Gasteiger partial charge in [-0.1, -0.05) is 17.8 Å². The van der Waals surface area contributed by atoms with Gasteiger partial charge in [-0.2, -0.15) is 0 Å². The van der Waals surface area contributed by atoms with Crippen LogP contribution in [0.15, 0.2) is 46.3 Å². The first-order valence-electron chi connectivity index (χ1n) is 10.7. The molecule has 168 valence electrons. The van der Waals surface area contributed by atoms with E-state index in [4.69, 9.17) is 4.42 Å². The van der Waals surface area contributed by atoms with Gasteiger partial charge in [-0.25, -0.2) is 4.98 Å². The zero-order valence-corrected chi connectivity index (χ0v) is 19.0. The lowest BCUT2D eigenvalue weighted by Crippen LogP contribution is -2.44. The third kappa shape index (κ3) is 4.85. The van der Waals surface area contributed by atoms with E-state index in [0.29, 0.717) is 42.2 Å². The van der Waals surface area contributed by atoms with E-state index < -0.39 is 0 Å². The van der Waals surface area contributed by atoms with Gasteiger partial charge in [0.15, 0.2) is 16.7 Å². The molecule has 4 heterocycles. The Labute approximate surface area is 190 Å². The Kier molecular flexibility index (Phi) is 6.89. The van der Waals surface area contributed by atoms with Crippen LogP contribution < -0.4 is 5.32 Å². The minimum Gasteiger partial charge on any atom is -0.461 e. The standard InChI is InChI=1S/C22H26N6O3S/c1-3-28-20(17-9-6-12-31-17)25-26-22(28)32-14-18(29)27-11-5-8-16(13-27)21(30)24-19-15(2)7-4-10-23-19/h4,6-7,9-10,12,16H,3,5,8,11,13-14H2,1-2H3,(H,23,24,30). The molecule has 0 saturated carbocycles. The summed E-state index contributed by atoms with van der Waals surface area (Å²) in [5.74, 6) is 1.76. The van der Waals surface area contributed by atoms with Crippen LogP contribution in [0.3, 0.4) is 0 Å². The Morgan fingerprint density at radius 2 is 2.16 bits per heavy atom. The molecule has 3 aromatic rings. The predicted octanol–water partition coefficient (Wildman–Crippen LogP) is 3.23. The normalized spacial score (nSPS) is 16.2. The fraction of sp³-hybridized carbons (Fsp3) is 0.409. The third-order valence-corrected chi connectivity index (χ3v) is 6.45. The van der Waals surface area contributed by atoms with Crippen molar-refractivity contribution in [3.8, 4) is 11.6 Å². The zero-order chi connectivity index (χ0) is 22.5. The van der Waals surface area contributed by atoms with E-state index in [1.54, 1.807) is 23.4 Å². The number of pyridine rings is 1. The maximum atomic E-state index is 12.9. The molecular weight excluding hydrogens is 428 g/mol. The summed E-state index contributed by atoms with van der Waals surface area (Å²) in [6.45, 7) is 5.64. The SMILES string of the molecule is CCn1c(SCC(=O)N2CCCC(C(=O)Nc3ncccc3C)C2)nnc1-c1ccco1. The molecule has 0 bridgehead atoms. The van der Waals surface area contributed by atoms with Gasteiger partial charge in [0.25, 0.3) is 0 Å². The lowest BCUT2D eigenvalue weighted by atomic mass is 9.97. The molecule has 1 N–H and O–H groups in total. The van der Waals surface area contributed by atoms with Gasteiger partial charge in [0.2, 0.25) is 11.8 Å². The Balaban J connectivity index is 1.35. The predicted molar refractivity (Wildman–Crippen MR) is 121 cm³/mol. The highest BCUT2D eigenvalue weighted by molar-refractivity contribution is 7.99. The number of carbonyl (C=O) groups is 2. The van der Waals surface area contributed by atoms with Crippen molar-refractivity contribution >= 4 is 29.4 Å². The summed E-state index contributed by atoms with van der Waals surface area (Å²) in [6.07, 6.45) is 4.80. The molecule has 32 heavy (non-hydrogen) atoms. The number of piperidine rings is 1. The molecular formula is C22H26N6O3S. The number of amides is 2. The molecule has 1 unspecified atom stereocenters. The number of likely N-dealkylation sites (tertiary alicyclic amines) is 1. The highest BCUT2D eigenvalue weighted by Crippen LogP contribution is 2.25. The number of thioether (sulfide) groups is 1. The maximum Gasteiger partial charge on any atom is 0.233 e. The first-order valence-corrected chi connectivity index (χ1v) is 11.7. The number of anilines is 1. The quantitative estimate of drug-likeness (QED) is 0.546. The monoisotopic (exact) mass is 454 g/mol. The lowest BCUT2D eigenvalue weighted by Gasteiger charge is -2.32. The maximum absolute atomic E-state index is 12.9. The average Bonchev–Trinajstić information content (AvgIpc) is 3.48. The van der Waals surface area contributed by atoms with Crippen molar-refractivity contribution in [2.45, 2.75) is 38.4 Å². The van der Waals surface area contributed by atoms with Gasteiger partial charge in [-0.05, 0) is 50.5 Å². The molecule has 0 aliphatic carbocycles. The minimum absolute atomic E-state index is 0.00767. The molecule has 0 radical (unpaired) electrons. The van der Waals surface area contributed by atoms with Crippen molar-refractivity contribution in [1.29, 1.82) is 0 Å². The summed E-state index contributed by atoms with van der Waals surface area (Å²) in [5.41, 5.74) is 0.912. The number of rotatable bonds is 7. The van der Waals surface area contributed by atoms with Crippen molar-refractivity contribution in [3.63, 3.8) is 0 Å². The van der Waals surface area contributed by atoms with Crippen LogP contribution in [0.2, 0.25) is 0 Å². The first-order chi connectivity index (χ1) is 15.6. The number of nitrogens with one attached hydrogen (secondary N) is 1. The Bertz CT molecular complexity index is 1080. The number of hydrogen-bond donors (Lipinski definition) is 1. The Hall–Kier alpha value is -3.14. The Morgan fingerprint density at radius 3 is 2.91 bits per heavy atom. The molecule has 2 amide bonds. The van der Waals surface area contributed by atoms with Gasteiger partial charge in [-0.3, -0.25) is 14.2 Å². The molecule has 1 aliphatic heterocycles. The highest BCUT2D eigenvalue weighted by atomic mass is 32.2. The van der Waals surface area contributed by atoms with Crippen molar-refractivity contribution in [2.75, 3.05) is 24.2 Å². The van der Waals surface area contributed by atoms with E-state index in [9.17, 15) is 9.59 Å². The molecule has 3 aromatic heterocycles. The summed E-state index contributed by atoms with van der Waals surface area (Å²) in [6, 6.07) is 7.38. The van der Waals surface area contributed by atoms with Crippen LogP contribution in [0.1, 0.15) is 25.3 Å². The lowest BCUT2D eigenvalue weighted by molar-refractivity contribution is -0.132. The van der Waals surface area contributed by atoms with E-state index in [1.165, 1.54) is 11.8 Å². The Morgan fingerprint density at radius 1 is 1.28 bits per heavy atom. The molecule has 1 atom stereocenters. The van der Waals surface area contributed by atoms with Crippen LogP contribution in [0.5, 0.6) is 0 Å². The van der Waals surface area contributed by atoms with E-state index in [0.717, 1.165) is 18.4 Å². The summed E-state index contributed by atoms with van der Waals surface area (Å²) >= 11 is 1.35. The third-order valence-electron chi connectivity index (χ3n) is 5.50. The fourth-order valence-corrected chi connectivity index (χ4v) is 4.64. The van der Waals surface area contributed by atoms with Gasteiger partial charge in [0.1, 0.15) is 5.82 Å². The first kappa shape index (κ1) is 22.1. The van der Waals surface area contributed by atoms with Crippen LogP contribution in [0, 0.1) is 12.8 Å². The smallest absolute Gasteiger partial charge is 0.233 e. The molecule has 9 nitrogen and oxygen atoms in total. The summed E-state index contributed by atoms with van der Waals surface area (Å²) < 4.78 is 7.36. The summed E-state index contributed by atoms with van der Waals surface area (Å²) in [5, 5.41) is 12.0. The largest absolute Gasteiger partial charge is 0.461 e. The zero-order valence-electron chi connectivity index (χ0n) is 18.2. The van der Waals surface area contributed by atoms with E-state index in [-0.39, 0.29) is 23.5 Å².